The van der Waals surface area contributed by atoms with Crippen molar-refractivity contribution >= 4 is 11.9 Å². The Hall–Kier alpha value is -1.06. The molecule has 0 spiro atoms. The van der Waals surface area contributed by atoms with E-state index in [2.05, 4.69) is 0 Å². The predicted molar refractivity (Wildman–Crippen MR) is 49.3 cm³/mol. The van der Waals surface area contributed by atoms with E-state index in [1.807, 2.05) is 6.92 Å². The first-order chi connectivity index (χ1) is 6.45. The Labute approximate surface area is 82.5 Å². The number of carboxylic acids is 1. The largest absolute Gasteiger partial charge is 0.481 e. The van der Waals surface area contributed by atoms with Crippen molar-refractivity contribution in [1.29, 1.82) is 0 Å². The number of aliphatic carboxylic acids is 1. The van der Waals surface area contributed by atoms with Gasteiger partial charge >= 0.3 is 5.97 Å². The van der Waals surface area contributed by atoms with E-state index in [4.69, 9.17) is 10.8 Å². The van der Waals surface area contributed by atoms with Crippen LogP contribution in [0.5, 0.6) is 0 Å². The van der Waals surface area contributed by atoms with E-state index < -0.39 is 11.4 Å². The summed E-state index contributed by atoms with van der Waals surface area (Å²) in [6.45, 7) is 1.87. The molecule has 0 heterocycles. The van der Waals surface area contributed by atoms with Gasteiger partial charge in [0, 0.05) is 5.41 Å². The number of primary amides is 1. The quantitative estimate of drug-likeness (QED) is 0.680. The summed E-state index contributed by atoms with van der Waals surface area (Å²) in [6, 6.07) is 0. The number of hydrogen-bond acceptors (Lipinski definition) is 2. The van der Waals surface area contributed by atoms with Crippen LogP contribution in [0.1, 0.15) is 26.2 Å². The zero-order valence-corrected chi connectivity index (χ0v) is 8.19. The standard InChI is InChI=1S/C10H15NO3/c1-10(9(11)14)4-5-2-6(10)3-7(5)8(12)13/h5-7H,2-4H2,1H3,(H2,11,14)(H,12,13). The van der Waals surface area contributed by atoms with Crippen molar-refractivity contribution in [2.24, 2.45) is 28.9 Å². The molecular formula is C10H15NO3. The summed E-state index contributed by atoms with van der Waals surface area (Å²) in [5.41, 5.74) is 4.91. The van der Waals surface area contributed by atoms with Crippen molar-refractivity contribution < 1.29 is 14.7 Å². The lowest BCUT2D eigenvalue weighted by molar-refractivity contribution is -0.146. The van der Waals surface area contributed by atoms with Crippen LogP contribution in [0, 0.1) is 23.2 Å². The summed E-state index contributed by atoms with van der Waals surface area (Å²) < 4.78 is 0. The summed E-state index contributed by atoms with van der Waals surface area (Å²) in [6.07, 6.45) is 2.14. The number of fused-ring (bicyclic) bond motifs is 2. The molecule has 2 aliphatic rings. The fourth-order valence-electron chi connectivity index (χ4n) is 3.19. The van der Waals surface area contributed by atoms with Gasteiger partial charge in [-0.1, -0.05) is 6.92 Å². The van der Waals surface area contributed by atoms with Crippen LogP contribution in [0.25, 0.3) is 0 Å². The molecule has 2 bridgehead atoms. The molecule has 78 valence electrons. The fraction of sp³-hybridized carbons (Fsp3) is 0.800. The highest BCUT2D eigenvalue weighted by Gasteiger charge is 2.57. The van der Waals surface area contributed by atoms with E-state index in [9.17, 15) is 9.59 Å². The molecule has 0 aromatic heterocycles. The number of carboxylic acid groups (broad SMARTS) is 1. The van der Waals surface area contributed by atoms with E-state index >= 15 is 0 Å². The molecule has 0 aromatic rings. The fourth-order valence-corrected chi connectivity index (χ4v) is 3.19. The maximum atomic E-state index is 11.3. The molecule has 2 saturated carbocycles. The zero-order chi connectivity index (χ0) is 10.5. The third kappa shape index (κ3) is 1.06. The molecule has 4 heteroatoms. The Bertz CT molecular complexity index is 302. The highest BCUT2D eigenvalue weighted by atomic mass is 16.4. The minimum Gasteiger partial charge on any atom is -0.481 e. The first-order valence-electron chi connectivity index (χ1n) is 4.98. The molecule has 14 heavy (non-hydrogen) atoms. The van der Waals surface area contributed by atoms with E-state index in [0.29, 0.717) is 12.8 Å². The monoisotopic (exact) mass is 197 g/mol. The first-order valence-corrected chi connectivity index (χ1v) is 4.98. The lowest BCUT2D eigenvalue weighted by Crippen LogP contribution is -2.41. The maximum absolute atomic E-state index is 11.3. The van der Waals surface area contributed by atoms with Crippen LogP contribution in [0.4, 0.5) is 0 Å². The van der Waals surface area contributed by atoms with E-state index in [-0.39, 0.29) is 23.7 Å². The number of amides is 1. The number of hydrogen-bond donors (Lipinski definition) is 2. The summed E-state index contributed by atoms with van der Waals surface area (Å²) in [4.78, 5) is 22.1. The Kier molecular flexibility index (Phi) is 1.84. The molecular weight excluding hydrogens is 182 g/mol. The lowest BCUT2D eigenvalue weighted by atomic mass is 9.71. The van der Waals surface area contributed by atoms with Gasteiger partial charge in [-0.05, 0) is 31.1 Å². The van der Waals surface area contributed by atoms with Gasteiger partial charge in [0.05, 0.1) is 5.92 Å². The van der Waals surface area contributed by atoms with Crippen LogP contribution in [0.15, 0.2) is 0 Å². The lowest BCUT2D eigenvalue weighted by Gasteiger charge is -2.32. The predicted octanol–water partition coefficient (Wildman–Crippen LogP) is 0.609. The Morgan fingerprint density at radius 1 is 1.43 bits per heavy atom. The molecule has 2 rings (SSSR count). The Morgan fingerprint density at radius 2 is 2.07 bits per heavy atom. The third-order valence-corrected chi connectivity index (χ3v) is 4.16. The zero-order valence-electron chi connectivity index (χ0n) is 8.19. The van der Waals surface area contributed by atoms with Crippen LogP contribution in [-0.2, 0) is 9.59 Å². The molecule has 1 amide bonds. The molecule has 0 aliphatic heterocycles. The number of carbonyl (C=O) groups is 2. The average molecular weight is 197 g/mol. The Morgan fingerprint density at radius 3 is 2.43 bits per heavy atom. The number of rotatable bonds is 2. The van der Waals surface area contributed by atoms with Crippen LogP contribution >= 0.6 is 0 Å². The van der Waals surface area contributed by atoms with Gasteiger partial charge in [0.15, 0.2) is 0 Å². The van der Waals surface area contributed by atoms with Crippen molar-refractivity contribution in [2.75, 3.05) is 0 Å². The van der Waals surface area contributed by atoms with Crippen molar-refractivity contribution in [3.8, 4) is 0 Å². The average Bonchev–Trinajstić information content (AvgIpc) is 2.60. The third-order valence-electron chi connectivity index (χ3n) is 4.16. The maximum Gasteiger partial charge on any atom is 0.306 e. The second kappa shape index (κ2) is 2.72. The first kappa shape index (κ1) is 9.49. The number of carbonyl (C=O) groups excluding carboxylic acids is 1. The molecule has 3 N–H and O–H groups in total. The molecule has 4 unspecified atom stereocenters. The van der Waals surface area contributed by atoms with Gasteiger partial charge in [0.2, 0.25) is 5.91 Å². The SMILES string of the molecule is CC1(C(N)=O)CC2CC1CC2C(=O)O. The highest BCUT2D eigenvalue weighted by molar-refractivity contribution is 5.82. The summed E-state index contributed by atoms with van der Waals surface area (Å²) >= 11 is 0. The van der Waals surface area contributed by atoms with Crippen molar-refractivity contribution in [3.05, 3.63) is 0 Å². The summed E-state index contributed by atoms with van der Waals surface area (Å²) in [5, 5.41) is 8.93. The molecule has 2 fully saturated rings. The van der Waals surface area contributed by atoms with E-state index in [1.54, 1.807) is 0 Å². The minimum absolute atomic E-state index is 0.162. The van der Waals surface area contributed by atoms with E-state index in [0.717, 1.165) is 6.42 Å². The van der Waals surface area contributed by atoms with Gasteiger partial charge in [0.25, 0.3) is 0 Å². The number of nitrogens with two attached hydrogens (primary N) is 1. The van der Waals surface area contributed by atoms with Crippen LogP contribution in [-0.4, -0.2) is 17.0 Å². The van der Waals surface area contributed by atoms with Crippen molar-refractivity contribution in [2.45, 2.75) is 26.2 Å². The molecule has 0 saturated heterocycles. The van der Waals surface area contributed by atoms with Gasteiger partial charge in [-0.2, -0.15) is 0 Å². The molecule has 4 nitrogen and oxygen atoms in total. The second-order valence-corrected chi connectivity index (χ2v) is 4.86. The summed E-state index contributed by atoms with van der Waals surface area (Å²) in [7, 11) is 0. The van der Waals surface area contributed by atoms with Gasteiger partial charge in [0.1, 0.15) is 0 Å². The molecule has 4 atom stereocenters. The topological polar surface area (TPSA) is 80.4 Å². The van der Waals surface area contributed by atoms with Crippen LogP contribution < -0.4 is 5.73 Å². The Balaban J connectivity index is 2.17. The molecule has 0 radical (unpaired) electrons. The molecule has 0 aromatic carbocycles. The molecule has 2 aliphatic carbocycles. The second-order valence-electron chi connectivity index (χ2n) is 4.86. The van der Waals surface area contributed by atoms with Crippen molar-refractivity contribution in [3.63, 3.8) is 0 Å². The van der Waals surface area contributed by atoms with Crippen LogP contribution in [0.2, 0.25) is 0 Å². The van der Waals surface area contributed by atoms with Crippen LogP contribution in [0.3, 0.4) is 0 Å². The van der Waals surface area contributed by atoms with Gasteiger partial charge in [-0.25, -0.2) is 0 Å². The van der Waals surface area contributed by atoms with Gasteiger partial charge in [-0.15, -0.1) is 0 Å². The van der Waals surface area contributed by atoms with Crippen molar-refractivity contribution in [1.82, 2.24) is 0 Å². The van der Waals surface area contributed by atoms with E-state index in [1.165, 1.54) is 0 Å². The van der Waals surface area contributed by atoms with Gasteiger partial charge < -0.3 is 10.8 Å². The van der Waals surface area contributed by atoms with Gasteiger partial charge in [-0.3, -0.25) is 9.59 Å². The smallest absolute Gasteiger partial charge is 0.306 e. The highest BCUT2D eigenvalue weighted by Crippen LogP contribution is 2.58. The minimum atomic E-state index is -0.718. The normalized spacial score (nSPS) is 45.4. The summed E-state index contributed by atoms with van der Waals surface area (Å²) in [5.74, 6) is -0.883.